The minimum absolute atomic E-state index is 0.0995. The topological polar surface area (TPSA) is 81.3 Å². The van der Waals surface area contributed by atoms with Crippen molar-refractivity contribution in [3.05, 3.63) is 62.9 Å². The van der Waals surface area contributed by atoms with Crippen LogP contribution in [0.4, 0.5) is 5.69 Å². The molecule has 2 aromatic heterocycles. The number of thioether (sulfide) groups is 1. The zero-order chi connectivity index (χ0) is 22.1. The highest BCUT2D eigenvalue weighted by molar-refractivity contribution is 8.00. The fourth-order valence-corrected chi connectivity index (χ4v) is 4.70. The van der Waals surface area contributed by atoms with E-state index in [9.17, 15) is 9.59 Å². The standard InChI is InChI=1S/C21H19Cl2N5O2S/c1-3-8-27-19(30)16-6-4-5-7-17(16)28-20(27)25-26-21(28)31-12(2)18(29)24-15-10-13(22)9-14(23)11-15/h4-7,9-12H,3,8H2,1-2H3,(H,24,29). The quantitative estimate of drug-likeness (QED) is 0.401. The van der Waals surface area contributed by atoms with Gasteiger partial charge in [0, 0.05) is 22.3 Å². The van der Waals surface area contributed by atoms with Crippen LogP contribution in [0.1, 0.15) is 20.3 Å². The molecule has 0 saturated carbocycles. The molecule has 160 valence electrons. The molecule has 1 amide bonds. The van der Waals surface area contributed by atoms with Gasteiger partial charge in [-0.15, -0.1) is 10.2 Å². The lowest BCUT2D eigenvalue weighted by molar-refractivity contribution is -0.115. The molecule has 0 spiro atoms. The van der Waals surface area contributed by atoms with Gasteiger partial charge in [-0.1, -0.05) is 54.0 Å². The first-order chi connectivity index (χ1) is 14.9. The molecule has 2 heterocycles. The molecular formula is C21H19Cl2N5O2S. The van der Waals surface area contributed by atoms with Crippen LogP contribution in [0.15, 0.2) is 52.4 Å². The van der Waals surface area contributed by atoms with E-state index in [1.807, 2.05) is 29.5 Å². The van der Waals surface area contributed by atoms with Gasteiger partial charge in [0.1, 0.15) is 0 Å². The lowest BCUT2D eigenvalue weighted by atomic mass is 10.2. The van der Waals surface area contributed by atoms with Gasteiger partial charge in [-0.3, -0.25) is 18.6 Å². The molecule has 0 fully saturated rings. The molecule has 10 heteroatoms. The first-order valence-corrected chi connectivity index (χ1v) is 11.3. The van der Waals surface area contributed by atoms with Crippen LogP contribution in [0.3, 0.4) is 0 Å². The summed E-state index contributed by atoms with van der Waals surface area (Å²) in [5.74, 6) is 0.230. The molecule has 1 atom stereocenters. The molecule has 0 bridgehead atoms. The lowest BCUT2D eigenvalue weighted by Crippen LogP contribution is -2.24. The minimum atomic E-state index is -0.490. The number of amides is 1. The average molecular weight is 476 g/mol. The average Bonchev–Trinajstić information content (AvgIpc) is 3.14. The van der Waals surface area contributed by atoms with Gasteiger partial charge in [0.2, 0.25) is 11.7 Å². The molecule has 4 aromatic rings. The van der Waals surface area contributed by atoms with Crippen molar-refractivity contribution < 1.29 is 4.79 Å². The van der Waals surface area contributed by atoms with Crippen LogP contribution >= 0.6 is 35.0 Å². The number of nitrogens with zero attached hydrogens (tertiary/aromatic N) is 4. The fourth-order valence-electron chi connectivity index (χ4n) is 3.32. The van der Waals surface area contributed by atoms with Gasteiger partial charge in [-0.25, -0.2) is 0 Å². The predicted molar refractivity (Wildman–Crippen MR) is 125 cm³/mol. The third-order valence-corrected chi connectivity index (χ3v) is 6.19. The van der Waals surface area contributed by atoms with Crippen LogP contribution in [0.5, 0.6) is 0 Å². The van der Waals surface area contributed by atoms with E-state index < -0.39 is 5.25 Å². The van der Waals surface area contributed by atoms with Crippen molar-refractivity contribution in [3.63, 3.8) is 0 Å². The van der Waals surface area contributed by atoms with E-state index in [1.165, 1.54) is 11.8 Å². The van der Waals surface area contributed by atoms with Crippen LogP contribution in [-0.4, -0.2) is 30.3 Å². The summed E-state index contributed by atoms with van der Waals surface area (Å²) in [6.45, 7) is 4.30. The van der Waals surface area contributed by atoms with E-state index in [0.29, 0.717) is 44.1 Å². The summed E-state index contributed by atoms with van der Waals surface area (Å²) in [6, 6.07) is 12.2. The molecular weight excluding hydrogens is 457 g/mol. The first kappa shape index (κ1) is 21.7. The molecule has 1 unspecified atom stereocenters. The number of rotatable bonds is 6. The van der Waals surface area contributed by atoms with Crippen molar-refractivity contribution in [3.8, 4) is 0 Å². The van der Waals surface area contributed by atoms with Crippen molar-refractivity contribution in [2.45, 2.75) is 37.2 Å². The lowest BCUT2D eigenvalue weighted by Gasteiger charge is -2.13. The highest BCUT2D eigenvalue weighted by Gasteiger charge is 2.21. The molecule has 0 aliphatic heterocycles. The Morgan fingerprint density at radius 2 is 1.87 bits per heavy atom. The Labute approximate surface area is 192 Å². The van der Waals surface area contributed by atoms with Gasteiger partial charge in [0.15, 0.2) is 5.16 Å². The molecule has 7 nitrogen and oxygen atoms in total. The number of para-hydroxylation sites is 1. The summed E-state index contributed by atoms with van der Waals surface area (Å²) in [5, 5.41) is 12.9. The number of benzene rings is 2. The second-order valence-corrected chi connectivity index (χ2v) is 9.18. The Morgan fingerprint density at radius 1 is 1.16 bits per heavy atom. The molecule has 0 aliphatic carbocycles. The largest absolute Gasteiger partial charge is 0.325 e. The molecule has 2 aromatic carbocycles. The Hall–Kier alpha value is -2.55. The number of carbonyl (C=O) groups is 1. The first-order valence-electron chi connectivity index (χ1n) is 9.69. The van der Waals surface area contributed by atoms with Gasteiger partial charge < -0.3 is 5.32 Å². The van der Waals surface area contributed by atoms with Gasteiger partial charge >= 0.3 is 0 Å². The summed E-state index contributed by atoms with van der Waals surface area (Å²) in [7, 11) is 0. The third kappa shape index (κ3) is 4.28. The van der Waals surface area contributed by atoms with Gasteiger partial charge in [0.05, 0.1) is 16.2 Å². The Balaban J connectivity index is 1.70. The number of fused-ring (bicyclic) bond motifs is 3. The van der Waals surface area contributed by atoms with Crippen molar-refractivity contribution in [1.29, 1.82) is 0 Å². The van der Waals surface area contributed by atoms with E-state index in [1.54, 1.807) is 35.8 Å². The molecule has 4 rings (SSSR count). The number of halogens is 2. The Morgan fingerprint density at radius 3 is 2.58 bits per heavy atom. The highest BCUT2D eigenvalue weighted by Crippen LogP contribution is 2.27. The summed E-state index contributed by atoms with van der Waals surface area (Å²) in [6.07, 6.45) is 0.782. The Bertz CT molecular complexity index is 1330. The van der Waals surface area contributed by atoms with Crippen molar-refractivity contribution in [1.82, 2.24) is 19.2 Å². The monoisotopic (exact) mass is 475 g/mol. The van der Waals surface area contributed by atoms with Crippen LogP contribution in [0, 0.1) is 0 Å². The van der Waals surface area contributed by atoms with E-state index >= 15 is 0 Å². The smallest absolute Gasteiger partial charge is 0.262 e. The highest BCUT2D eigenvalue weighted by atomic mass is 35.5. The molecule has 0 aliphatic rings. The van der Waals surface area contributed by atoms with Gasteiger partial charge in [0.25, 0.3) is 5.56 Å². The minimum Gasteiger partial charge on any atom is -0.325 e. The van der Waals surface area contributed by atoms with Crippen LogP contribution in [0.2, 0.25) is 10.0 Å². The summed E-state index contributed by atoms with van der Waals surface area (Å²) in [4.78, 5) is 25.7. The van der Waals surface area contributed by atoms with Crippen molar-refractivity contribution in [2.75, 3.05) is 5.32 Å². The Kier molecular flexibility index (Phi) is 6.22. The molecule has 0 radical (unpaired) electrons. The molecule has 1 N–H and O–H groups in total. The number of hydrogen-bond acceptors (Lipinski definition) is 5. The number of aromatic nitrogens is 4. The fraction of sp³-hybridized carbons (Fsp3) is 0.238. The number of nitrogens with one attached hydrogen (secondary N) is 1. The van der Waals surface area contributed by atoms with Crippen LogP contribution in [0.25, 0.3) is 16.7 Å². The van der Waals surface area contributed by atoms with Gasteiger partial charge in [-0.2, -0.15) is 0 Å². The van der Waals surface area contributed by atoms with Crippen molar-refractivity contribution in [2.24, 2.45) is 0 Å². The number of carbonyl (C=O) groups excluding carboxylic acids is 1. The summed E-state index contributed by atoms with van der Waals surface area (Å²) >= 11 is 13.3. The van der Waals surface area contributed by atoms with E-state index in [-0.39, 0.29) is 11.5 Å². The number of aryl methyl sites for hydroxylation is 1. The SMILES string of the molecule is CCCn1c(=O)c2ccccc2n2c(SC(C)C(=O)Nc3cc(Cl)cc(Cl)c3)nnc12. The second-order valence-electron chi connectivity index (χ2n) is 7.00. The van der Waals surface area contributed by atoms with Crippen LogP contribution in [-0.2, 0) is 11.3 Å². The zero-order valence-corrected chi connectivity index (χ0v) is 19.1. The van der Waals surface area contributed by atoms with E-state index in [2.05, 4.69) is 15.5 Å². The van der Waals surface area contributed by atoms with Crippen LogP contribution < -0.4 is 10.9 Å². The number of hydrogen-bond donors (Lipinski definition) is 1. The van der Waals surface area contributed by atoms with Crippen molar-refractivity contribution >= 4 is 63.2 Å². The normalized spacial score (nSPS) is 12.4. The maximum absolute atomic E-state index is 12.9. The summed E-state index contributed by atoms with van der Waals surface area (Å²) in [5.41, 5.74) is 1.12. The molecule has 31 heavy (non-hydrogen) atoms. The van der Waals surface area contributed by atoms with E-state index in [4.69, 9.17) is 23.2 Å². The molecule has 0 saturated heterocycles. The third-order valence-electron chi connectivity index (χ3n) is 4.71. The predicted octanol–water partition coefficient (Wildman–Crippen LogP) is 4.88. The maximum Gasteiger partial charge on any atom is 0.262 e. The maximum atomic E-state index is 12.9. The summed E-state index contributed by atoms with van der Waals surface area (Å²) < 4.78 is 3.45. The van der Waals surface area contributed by atoms with Gasteiger partial charge in [-0.05, 0) is 43.7 Å². The van der Waals surface area contributed by atoms with E-state index in [0.717, 1.165) is 6.42 Å². The second kappa shape index (κ2) is 8.90. The number of anilines is 1. The zero-order valence-electron chi connectivity index (χ0n) is 16.8.